The second-order valence-corrected chi connectivity index (χ2v) is 6.03. The lowest BCUT2D eigenvalue weighted by molar-refractivity contribution is -0.908. The van der Waals surface area contributed by atoms with Gasteiger partial charge in [-0.15, -0.1) is 0 Å². The van der Waals surface area contributed by atoms with E-state index in [2.05, 4.69) is 34.5 Å². The second-order valence-electron chi connectivity index (χ2n) is 6.03. The minimum Gasteiger partial charge on any atom is -0.378 e. The molecule has 6 heteroatoms. The lowest BCUT2D eigenvalue weighted by Gasteiger charge is -2.24. The monoisotopic (exact) mass is 305 g/mol. The van der Waals surface area contributed by atoms with E-state index in [4.69, 9.17) is 0 Å². The first-order valence-corrected chi connectivity index (χ1v) is 7.58. The fraction of sp³-hybridized carbons (Fsp3) is 0.500. The van der Waals surface area contributed by atoms with Gasteiger partial charge >= 0.3 is 6.03 Å². The van der Waals surface area contributed by atoms with Crippen LogP contribution in [-0.4, -0.2) is 57.1 Å². The molecule has 2 atom stereocenters. The van der Waals surface area contributed by atoms with Gasteiger partial charge in [-0.1, -0.05) is 12.1 Å². The maximum Gasteiger partial charge on any atom is 0.324 e. The van der Waals surface area contributed by atoms with Gasteiger partial charge in [-0.3, -0.25) is 9.69 Å². The SMILES string of the molecule is C[C@@H](C(=O)N1CCNC1=O)[NH+](C)Cc1ccc(N(C)C)cc1. The van der Waals surface area contributed by atoms with Crippen molar-refractivity contribution in [3.63, 3.8) is 0 Å². The van der Waals surface area contributed by atoms with Crippen molar-refractivity contribution in [1.82, 2.24) is 10.2 Å². The summed E-state index contributed by atoms with van der Waals surface area (Å²) in [5.74, 6) is -0.114. The Morgan fingerprint density at radius 3 is 2.50 bits per heavy atom. The zero-order valence-corrected chi connectivity index (χ0v) is 13.7. The highest BCUT2D eigenvalue weighted by molar-refractivity contribution is 5.97. The normalized spacial score (nSPS) is 17.1. The van der Waals surface area contributed by atoms with E-state index < -0.39 is 0 Å². The number of amides is 3. The molecule has 6 nitrogen and oxygen atoms in total. The van der Waals surface area contributed by atoms with Crippen LogP contribution in [0.2, 0.25) is 0 Å². The van der Waals surface area contributed by atoms with Crippen LogP contribution in [0.1, 0.15) is 12.5 Å². The first-order chi connectivity index (χ1) is 10.4. The van der Waals surface area contributed by atoms with Crippen LogP contribution in [0.4, 0.5) is 10.5 Å². The first kappa shape index (κ1) is 16.3. The smallest absolute Gasteiger partial charge is 0.324 e. The van der Waals surface area contributed by atoms with Crippen molar-refractivity contribution in [2.24, 2.45) is 0 Å². The number of urea groups is 1. The van der Waals surface area contributed by atoms with Gasteiger partial charge in [0.25, 0.3) is 5.91 Å². The molecular weight excluding hydrogens is 280 g/mol. The Morgan fingerprint density at radius 1 is 1.36 bits per heavy atom. The Labute approximate surface area is 131 Å². The summed E-state index contributed by atoms with van der Waals surface area (Å²) in [6, 6.07) is 7.78. The summed E-state index contributed by atoms with van der Waals surface area (Å²) < 4.78 is 0. The van der Waals surface area contributed by atoms with Gasteiger partial charge in [0.2, 0.25) is 0 Å². The number of anilines is 1. The number of quaternary nitrogens is 1. The Bertz CT molecular complexity index is 542. The van der Waals surface area contributed by atoms with Crippen molar-refractivity contribution in [2.75, 3.05) is 39.1 Å². The average molecular weight is 305 g/mol. The molecule has 1 aromatic carbocycles. The molecule has 0 radical (unpaired) electrons. The number of rotatable bonds is 5. The minimum atomic E-state index is -0.278. The molecular formula is C16H25N4O2+. The van der Waals surface area contributed by atoms with Gasteiger partial charge in [-0.25, -0.2) is 4.79 Å². The Hall–Kier alpha value is -2.08. The summed E-state index contributed by atoms with van der Waals surface area (Å²) in [6.45, 7) is 3.63. The van der Waals surface area contributed by atoms with E-state index in [9.17, 15) is 9.59 Å². The molecule has 1 unspecified atom stereocenters. The van der Waals surface area contributed by atoms with Gasteiger partial charge in [0.15, 0.2) is 6.04 Å². The van der Waals surface area contributed by atoms with Crippen LogP contribution in [0.5, 0.6) is 0 Å². The van der Waals surface area contributed by atoms with Gasteiger partial charge in [0.1, 0.15) is 6.54 Å². The topological polar surface area (TPSA) is 57.1 Å². The molecule has 1 heterocycles. The highest BCUT2D eigenvalue weighted by Crippen LogP contribution is 2.11. The van der Waals surface area contributed by atoms with Crippen LogP contribution in [0, 0.1) is 0 Å². The Balaban J connectivity index is 1.97. The highest BCUT2D eigenvalue weighted by atomic mass is 16.2. The number of imide groups is 1. The van der Waals surface area contributed by atoms with E-state index in [0.717, 1.165) is 17.1 Å². The fourth-order valence-corrected chi connectivity index (χ4v) is 2.51. The van der Waals surface area contributed by atoms with Crippen LogP contribution < -0.4 is 15.1 Å². The van der Waals surface area contributed by atoms with Crippen molar-refractivity contribution in [1.29, 1.82) is 0 Å². The predicted molar refractivity (Wildman–Crippen MR) is 85.9 cm³/mol. The zero-order chi connectivity index (χ0) is 16.3. The molecule has 1 aliphatic rings. The van der Waals surface area contributed by atoms with E-state index in [1.54, 1.807) is 0 Å². The van der Waals surface area contributed by atoms with Crippen molar-refractivity contribution in [3.8, 4) is 0 Å². The number of hydrogen-bond acceptors (Lipinski definition) is 3. The molecule has 0 bridgehead atoms. The van der Waals surface area contributed by atoms with E-state index in [1.807, 2.05) is 28.1 Å². The highest BCUT2D eigenvalue weighted by Gasteiger charge is 2.33. The molecule has 1 fully saturated rings. The number of nitrogens with zero attached hydrogens (tertiary/aromatic N) is 2. The van der Waals surface area contributed by atoms with Crippen LogP contribution >= 0.6 is 0 Å². The summed E-state index contributed by atoms with van der Waals surface area (Å²) in [7, 11) is 6.00. The summed E-state index contributed by atoms with van der Waals surface area (Å²) in [4.78, 5) is 28.4. The molecule has 0 aliphatic carbocycles. The molecule has 1 aromatic rings. The number of carbonyl (C=O) groups excluding carboxylic acids is 2. The molecule has 2 rings (SSSR count). The second kappa shape index (κ2) is 6.79. The van der Waals surface area contributed by atoms with Gasteiger partial charge in [0.05, 0.1) is 7.05 Å². The van der Waals surface area contributed by atoms with Crippen molar-refractivity contribution in [3.05, 3.63) is 29.8 Å². The molecule has 0 aromatic heterocycles. The van der Waals surface area contributed by atoms with Crippen molar-refractivity contribution in [2.45, 2.75) is 19.5 Å². The van der Waals surface area contributed by atoms with E-state index >= 15 is 0 Å². The first-order valence-electron chi connectivity index (χ1n) is 7.58. The molecule has 1 saturated heterocycles. The maximum atomic E-state index is 12.4. The summed E-state index contributed by atoms with van der Waals surface area (Å²) in [6.07, 6.45) is 0. The van der Waals surface area contributed by atoms with E-state index in [-0.39, 0.29) is 18.0 Å². The van der Waals surface area contributed by atoms with Gasteiger partial charge in [-0.05, 0) is 19.1 Å². The predicted octanol–water partition coefficient (Wildman–Crippen LogP) is -0.292. The average Bonchev–Trinajstić information content (AvgIpc) is 2.92. The molecule has 0 saturated carbocycles. The number of carbonyl (C=O) groups is 2. The largest absolute Gasteiger partial charge is 0.378 e. The number of benzene rings is 1. The summed E-state index contributed by atoms with van der Waals surface area (Å²) in [5, 5.41) is 2.66. The molecule has 120 valence electrons. The van der Waals surface area contributed by atoms with Crippen LogP contribution in [0.25, 0.3) is 0 Å². The quantitative estimate of drug-likeness (QED) is 0.786. The van der Waals surface area contributed by atoms with Crippen LogP contribution in [0.3, 0.4) is 0 Å². The van der Waals surface area contributed by atoms with Gasteiger partial charge < -0.3 is 15.1 Å². The maximum absolute atomic E-state index is 12.4. The zero-order valence-electron chi connectivity index (χ0n) is 13.7. The van der Waals surface area contributed by atoms with Crippen molar-refractivity contribution < 1.29 is 14.5 Å². The lowest BCUT2D eigenvalue weighted by Crippen LogP contribution is -3.12. The van der Waals surface area contributed by atoms with Gasteiger partial charge in [0, 0.05) is 38.4 Å². The third kappa shape index (κ3) is 3.57. The van der Waals surface area contributed by atoms with Crippen LogP contribution in [0.15, 0.2) is 24.3 Å². The Morgan fingerprint density at radius 2 is 2.00 bits per heavy atom. The van der Waals surface area contributed by atoms with Gasteiger partial charge in [-0.2, -0.15) is 0 Å². The van der Waals surface area contributed by atoms with Crippen molar-refractivity contribution >= 4 is 17.6 Å². The summed E-state index contributed by atoms with van der Waals surface area (Å²) in [5.41, 5.74) is 2.33. The minimum absolute atomic E-state index is 0.114. The summed E-state index contributed by atoms with van der Waals surface area (Å²) >= 11 is 0. The standard InChI is InChI=1S/C16H24N4O2/c1-12(15(21)20-10-9-17-16(20)22)19(4)11-13-5-7-14(8-6-13)18(2)3/h5-8,12H,9-11H2,1-4H3,(H,17,22)/p+1/t12-/m0/s1. The molecule has 3 amide bonds. The van der Waals surface area contributed by atoms with Crippen LogP contribution in [-0.2, 0) is 11.3 Å². The number of hydrogen-bond donors (Lipinski definition) is 2. The lowest BCUT2D eigenvalue weighted by atomic mass is 10.1. The fourth-order valence-electron chi connectivity index (χ4n) is 2.51. The third-order valence-electron chi connectivity index (χ3n) is 4.17. The third-order valence-corrected chi connectivity index (χ3v) is 4.17. The molecule has 22 heavy (non-hydrogen) atoms. The number of likely N-dealkylation sites (N-methyl/N-ethyl adjacent to an activating group) is 1. The van der Waals surface area contributed by atoms with E-state index in [0.29, 0.717) is 13.1 Å². The molecule has 0 spiro atoms. The molecule has 1 aliphatic heterocycles. The number of nitrogens with one attached hydrogen (secondary N) is 2. The Kier molecular flexibility index (Phi) is 5.03. The van der Waals surface area contributed by atoms with E-state index in [1.165, 1.54) is 10.5 Å². The molecule has 2 N–H and O–H groups in total.